The SMILES string of the molecule is COc1cc(C(C)(C)CC(=O)O)cc(OC)c1OC. The third-order valence-electron chi connectivity index (χ3n) is 3.04. The fraction of sp³-hybridized carbons (Fsp3) is 0.500. The molecule has 1 aromatic carbocycles. The maximum Gasteiger partial charge on any atom is 0.304 e. The van der Waals surface area contributed by atoms with Crippen molar-refractivity contribution in [3.05, 3.63) is 17.7 Å². The fourth-order valence-electron chi connectivity index (χ4n) is 1.95. The number of benzene rings is 1. The molecule has 0 amide bonds. The van der Waals surface area contributed by atoms with E-state index >= 15 is 0 Å². The standard InChI is InChI=1S/C14H20O5/c1-14(2,8-12(15)16)9-6-10(17-3)13(19-5)11(7-9)18-4/h6-7H,8H2,1-5H3,(H,15,16). The number of hydrogen-bond acceptors (Lipinski definition) is 4. The Hall–Kier alpha value is -1.91. The van der Waals surface area contributed by atoms with E-state index in [1.54, 1.807) is 12.1 Å². The van der Waals surface area contributed by atoms with Gasteiger partial charge in [-0.1, -0.05) is 13.8 Å². The van der Waals surface area contributed by atoms with E-state index in [0.29, 0.717) is 17.2 Å². The molecule has 1 N–H and O–H groups in total. The van der Waals surface area contributed by atoms with Crippen molar-refractivity contribution in [3.8, 4) is 17.2 Å². The van der Waals surface area contributed by atoms with Crippen molar-refractivity contribution in [2.24, 2.45) is 0 Å². The van der Waals surface area contributed by atoms with Crippen molar-refractivity contribution in [1.29, 1.82) is 0 Å². The van der Waals surface area contributed by atoms with Crippen LogP contribution in [0.3, 0.4) is 0 Å². The van der Waals surface area contributed by atoms with Crippen LogP contribution in [0.5, 0.6) is 17.2 Å². The minimum atomic E-state index is -0.848. The number of ether oxygens (including phenoxy) is 3. The van der Waals surface area contributed by atoms with Crippen LogP contribution < -0.4 is 14.2 Å². The Labute approximate surface area is 113 Å². The topological polar surface area (TPSA) is 65.0 Å². The second-order valence-electron chi connectivity index (χ2n) is 4.87. The zero-order chi connectivity index (χ0) is 14.6. The number of hydrogen-bond donors (Lipinski definition) is 1. The highest BCUT2D eigenvalue weighted by Gasteiger charge is 2.27. The summed E-state index contributed by atoms with van der Waals surface area (Å²) >= 11 is 0. The third kappa shape index (κ3) is 3.30. The van der Waals surface area contributed by atoms with Crippen molar-refractivity contribution >= 4 is 5.97 Å². The summed E-state index contributed by atoms with van der Waals surface area (Å²) in [5, 5.41) is 8.98. The fourth-order valence-corrected chi connectivity index (χ4v) is 1.95. The first-order chi connectivity index (χ1) is 8.85. The predicted molar refractivity (Wildman–Crippen MR) is 71.4 cm³/mol. The second-order valence-corrected chi connectivity index (χ2v) is 4.87. The monoisotopic (exact) mass is 268 g/mol. The molecule has 0 fully saturated rings. The molecule has 0 atom stereocenters. The third-order valence-corrected chi connectivity index (χ3v) is 3.04. The molecule has 106 valence electrons. The van der Waals surface area contributed by atoms with Crippen LogP contribution in [0, 0.1) is 0 Å². The molecule has 0 saturated carbocycles. The quantitative estimate of drug-likeness (QED) is 0.858. The smallest absolute Gasteiger partial charge is 0.304 e. The molecule has 1 rings (SSSR count). The van der Waals surface area contributed by atoms with E-state index in [1.807, 2.05) is 13.8 Å². The average molecular weight is 268 g/mol. The van der Waals surface area contributed by atoms with Gasteiger partial charge in [-0.05, 0) is 17.7 Å². The molecule has 0 spiro atoms. The second kappa shape index (κ2) is 5.82. The molecule has 19 heavy (non-hydrogen) atoms. The lowest BCUT2D eigenvalue weighted by Crippen LogP contribution is -2.21. The van der Waals surface area contributed by atoms with Crippen molar-refractivity contribution in [1.82, 2.24) is 0 Å². The highest BCUT2D eigenvalue weighted by atomic mass is 16.5. The molecule has 5 nitrogen and oxygen atoms in total. The van der Waals surface area contributed by atoms with E-state index in [0.717, 1.165) is 5.56 Å². The molecule has 0 aromatic heterocycles. The van der Waals surface area contributed by atoms with E-state index in [2.05, 4.69) is 0 Å². The lowest BCUT2D eigenvalue weighted by Gasteiger charge is -2.25. The summed E-state index contributed by atoms with van der Waals surface area (Å²) in [5.41, 5.74) is 0.294. The van der Waals surface area contributed by atoms with Crippen LogP contribution in [-0.4, -0.2) is 32.4 Å². The molecule has 0 radical (unpaired) electrons. The van der Waals surface area contributed by atoms with Gasteiger partial charge in [-0.3, -0.25) is 4.79 Å². The molecule has 0 aliphatic heterocycles. The maximum absolute atomic E-state index is 10.9. The number of aliphatic carboxylic acids is 1. The first-order valence-corrected chi connectivity index (χ1v) is 5.88. The van der Waals surface area contributed by atoms with E-state index < -0.39 is 11.4 Å². The van der Waals surface area contributed by atoms with Gasteiger partial charge in [0.1, 0.15) is 0 Å². The predicted octanol–water partition coefficient (Wildman–Crippen LogP) is 2.46. The van der Waals surface area contributed by atoms with Crippen LogP contribution >= 0.6 is 0 Å². The summed E-state index contributed by atoms with van der Waals surface area (Å²) < 4.78 is 15.8. The number of carbonyl (C=O) groups is 1. The van der Waals surface area contributed by atoms with Gasteiger partial charge in [0.25, 0.3) is 0 Å². The molecular weight excluding hydrogens is 248 g/mol. The van der Waals surface area contributed by atoms with Gasteiger partial charge >= 0.3 is 5.97 Å². The Morgan fingerprint density at radius 1 is 1.11 bits per heavy atom. The molecule has 1 aromatic rings. The molecule has 0 unspecified atom stereocenters. The molecule has 0 aliphatic carbocycles. The Morgan fingerprint density at radius 3 is 1.89 bits per heavy atom. The Bertz CT molecular complexity index is 440. The molecule has 0 saturated heterocycles. The zero-order valence-electron chi connectivity index (χ0n) is 11.9. The van der Waals surface area contributed by atoms with E-state index in [1.165, 1.54) is 21.3 Å². The highest BCUT2D eigenvalue weighted by molar-refractivity contribution is 5.69. The normalized spacial score (nSPS) is 11.0. The van der Waals surface area contributed by atoms with Crippen molar-refractivity contribution < 1.29 is 24.1 Å². The summed E-state index contributed by atoms with van der Waals surface area (Å²) in [7, 11) is 4.60. The van der Waals surface area contributed by atoms with Crippen LogP contribution in [0.15, 0.2) is 12.1 Å². The Kier molecular flexibility index (Phi) is 4.64. The van der Waals surface area contributed by atoms with Gasteiger partial charge in [-0.2, -0.15) is 0 Å². The Morgan fingerprint density at radius 2 is 1.58 bits per heavy atom. The minimum Gasteiger partial charge on any atom is -0.493 e. The first kappa shape index (κ1) is 15.1. The van der Waals surface area contributed by atoms with Crippen LogP contribution in [0.25, 0.3) is 0 Å². The molecule has 5 heteroatoms. The number of methoxy groups -OCH3 is 3. The van der Waals surface area contributed by atoms with Gasteiger partial charge in [-0.15, -0.1) is 0 Å². The summed E-state index contributed by atoms with van der Waals surface area (Å²) in [6, 6.07) is 3.56. The molecule has 0 heterocycles. The van der Waals surface area contributed by atoms with Crippen LogP contribution in [-0.2, 0) is 10.2 Å². The molecule has 0 aliphatic rings. The zero-order valence-corrected chi connectivity index (χ0v) is 11.9. The van der Waals surface area contributed by atoms with Gasteiger partial charge in [0.2, 0.25) is 5.75 Å². The van der Waals surface area contributed by atoms with E-state index in [9.17, 15) is 4.79 Å². The van der Waals surface area contributed by atoms with Crippen LogP contribution in [0.1, 0.15) is 25.8 Å². The van der Waals surface area contributed by atoms with Gasteiger partial charge in [0, 0.05) is 5.41 Å². The average Bonchev–Trinajstić information content (AvgIpc) is 2.35. The van der Waals surface area contributed by atoms with Crippen LogP contribution in [0.2, 0.25) is 0 Å². The van der Waals surface area contributed by atoms with E-state index in [4.69, 9.17) is 19.3 Å². The van der Waals surface area contributed by atoms with E-state index in [-0.39, 0.29) is 6.42 Å². The number of carboxylic acids is 1. The summed E-state index contributed by atoms with van der Waals surface area (Å²) in [6.45, 7) is 3.73. The highest BCUT2D eigenvalue weighted by Crippen LogP contribution is 2.42. The van der Waals surface area contributed by atoms with Gasteiger partial charge in [-0.25, -0.2) is 0 Å². The maximum atomic E-state index is 10.9. The first-order valence-electron chi connectivity index (χ1n) is 5.88. The van der Waals surface area contributed by atoms with Gasteiger partial charge in [0.05, 0.1) is 27.8 Å². The lowest BCUT2D eigenvalue weighted by atomic mass is 9.81. The van der Waals surface area contributed by atoms with Crippen molar-refractivity contribution in [3.63, 3.8) is 0 Å². The summed E-state index contributed by atoms with van der Waals surface area (Å²) in [5.74, 6) is 0.698. The lowest BCUT2D eigenvalue weighted by molar-refractivity contribution is -0.138. The summed E-state index contributed by atoms with van der Waals surface area (Å²) in [4.78, 5) is 10.9. The molecule has 0 bridgehead atoms. The summed E-state index contributed by atoms with van der Waals surface area (Å²) in [6.07, 6.45) is 0.0195. The Balaban J connectivity index is 3.33. The molecular formula is C14H20O5. The van der Waals surface area contributed by atoms with Crippen molar-refractivity contribution in [2.45, 2.75) is 25.7 Å². The number of rotatable bonds is 6. The van der Waals surface area contributed by atoms with Crippen LogP contribution in [0.4, 0.5) is 0 Å². The van der Waals surface area contributed by atoms with Gasteiger partial charge in [0.15, 0.2) is 11.5 Å². The van der Waals surface area contributed by atoms with Gasteiger partial charge < -0.3 is 19.3 Å². The minimum absolute atomic E-state index is 0.0195. The largest absolute Gasteiger partial charge is 0.493 e. The van der Waals surface area contributed by atoms with Crippen molar-refractivity contribution in [2.75, 3.05) is 21.3 Å². The number of carboxylic acid groups (broad SMARTS) is 1.